The van der Waals surface area contributed by atoms with Crippen molar-refractivity contribution in [3.63, 3.8) is 0 Å². The van der Waals surface area contributed by atoms with Gasteiger partial charge in [-0.25, -0.2) is 0 Å². The molecule has 4 nitrogen and oxygen atoms in total. The molecule has 1 atom stereocenters. The van der Waals surface area contributed by atoms with Crippen molar-refractivity contribution in [2.75, 3.05) is 6.54 Å². The monoisotopic (exact) mass is 248 g/mol. The van der Waals surface area contributed by atoms with Gasteiger partial charge in [-0.3, -0.25) is 4.79 Å². The molecule has 0 bridgehead atoms. The Balaban J connectivity index is 1.73. The molecule has 0 unspecified atom stereocenters. The maximum Gasteiger partial charge on any atom is 0.237 e. The lowest BCUT2D eigenvalue weighted by Crippen LogP contribution is -2.42. The van der Waals surface area contributed by atoms with Gasteiger partial charge in [-0.1, -0.05) is 25.0 Å². The Labute approximate surface area is 107 Å². The number of carbonyl (C=O) groups is 1. The summed E-state index contributed by atoms with van der Waals surface area (Å²) in [4.78, 5) is 11.7. The van der Waals surface area contributed by atoms with Crippen LogP contribution in [0, 0.1) is 5.92 Å². The Morgan fingerprint density at radius 1 is 1.39 bits per heavy atom. The van der Waals surface area contributed by atoms with Gasteiger partial charge in [0.15, 0.2) is 0 Å². The van der Waals surface area contributed by atoms with Crippen molar-refractivity contribution < 1.29 is 9.90 Å². The van der Waals surface area contributed by atoms with Crippen molar-refractivity contribution >= 4 is 5.91 Å². The molecule has 0 saturated heterocycles. The van der Waals surface area contributed by atoms with E-state index in [0.717, 1.165) is 24.4 Å². The number of rotatable bonds is 6. The minimum absolute atomic E-state index is 0.0938. The summed E-state index contributed by atoms with van der Waals surface area (Å²) in [5, 5.41) is 12.0. The topological polar surface area (TPSA) is 75.3 Å². The molecule has 1 aromatic carbocycles. The highest BCUT2D eigenvalue weighted by molar-refractivity contribution is 5.81. The predicted octanol–water partition coefficient (Wildman–Crippen LogP) is 1.18. The highest BCUT2D eigenvalue weighted by atomic mass is 16.3. The Hall–Kier alpha value is -1.55. The fraction of sp³-hybridized carbons (Fsp3) is 0.500. The zero-order valence-corrected chi connectivity index (χ0v) is 10.4. The SMILES string of the molecule is N[C@H](Cc1ccc(O)cc1)C(=O)NCCC1CC1. The first kappa shape index (κ1) is 12.9. The molecule has 1 amide bonds. The zero-order chi connectivity index (χ0) is 13.0. The highest BCUT2D eigenvalue weighted by Crippen LogP contribution is 2.31. The maximum absolute atomic E-state index is 11.7. The second kappa shape index (κ2) is 5.87. The van der Waals surface area contributed by atoms with Crippen LogP contribution in [-0.4, -0.2) is 23.6 Å². The lowest BCUT2D eigenvalue weighted by atomic mass is 10.1. The first-order valence-corrected chi connectivity index (χ1v) is 6.46. The third-order valence-electron chi connectivity index (χ3n) is 3.28. The number of phenols is 1. The molecule has 2 rings (SSSR count). The van der Waals surface area contributed by atoms with E-state index in [1.165, 1.54) is 12.8 Å². The van der Waals surface area contributed by atoms with Gasteiger partial charge in [0.05, 0.1) is 6.04 Å². The minimum atomic E-state index is -0.520. The second-order valence-electron chi connectivity index (χ2n) is 5.00. The van der Waals surface area contributed by atoms with E-state index < -0.39 is 6.04 Å². The molecule has 18 heavy (non-hydrogen) atoms. The minimum Gasteiger partial charge on any atom is -0.508 e. The summed E-state index contributed by atoms with van der Waals surface area (Å²) in [5.74, 6) is 0.948. The Bertz CT molecular complexity index is 399. The number of carbonyl (C=O) groups excluding carboxylic acids is 1. The highest BCUT2D eigenvalue weighted by Gasteiger charge is 2.21. The van der Waals surface area contributed by atoms with E-state index in [4.69, 9.17) is 10.8 Å². The van der Waals surface area contributed by atoms with Gasteiger partial charge in [0.2, 0.25) is 5.91 Å². The molecule has 1 fully saturated rings. The number of hydrogen-bond donors (Lipinski definition) is 3. The van der Waals surface area contributed by atoms with Crippen LogP contribution in [0.1, 0.15) is 24.8 Å². The van der Waals surface area contributed by atoms with Gasteiger partial charge >= 0.3 is 0 Å². The molecule has 98 valence electrons. The summed E-state index contributed by atoms with van der Waals surface area (Å²) >= 11 is 0. The van der Waals surface area contributed by atoms with Crippen molar-refractivity contribution in [3.05, 3.63) is 29.8 Å². The third kappa shape index (κ3) is 4.04. The fourth-order valence-electron chi connectivity index (χ4n) is 1.92. The van der Waals surface area contributed by atoms with E-state index in [1.807, 2.05) is 0 Å². The van der Waals surface area contributed by atoms with Crippen molar-refractivity contribution in [2.45, 2.75) is 31.7 Å². The van der Waals surface area contributed by atoms with Crippen LogP contribution in [0.15, 0.2) is 24.3 Å². The summed E-state index contributed by atoms with van der Waals surface area (Å²) in [7, 11) is 0. The van der Waals surface area contributed by atoms with Crippen molar-refractivity contribution in [1.82, 2.24) is 5.32 Å². The number of benzene rings is 1. The molecule has 0 spiro atoms. The standard InChI is InChI=1S/C14H20N2O2/c15-13(9-11-3-5-12(17)6-4-11)14(18)16-8-7-10-1-2-10/h3-6,10,13,17H,1-2,7-9,15H2,(H,16,18)/t13-/m1/s1. The number of hydrogen-bond acceptors (Lipinski definition) is 3. The molecule has 1 saturated carbocycles. The molecule has 4 N–H and O–H groups in total. The van der Waals surface area contributed by atoms with Gasteiger partial charge in [0, 0.05) is 6.54 Å². The van der Waals surface area contributed by atoms with E-state index in [-0.39, 0.29) is 11.7 Å². The van der Waals surface area contributed by atoms with Crippen LogP contribution >= 0.6 is 0 Å². The molecule has 4 heteroatoms. The molecule has 0 aliphatic heterocycles. The average molecular weight is 248 g/mol. The number of aromatic hydroxyl groups is 1. The zero-order valence-electron chi connectivity index (χ0n) is 10.4. The van der Waals surface area contributed by atoms with Gasteiger partial charge < -0.3 is 16.2 Å². The largest absolute Gasteiger partial charge is 0.508 e. The van der Waals surface area contributed by atoms with Crippen LogP contribution in [0.4, 0.5) is 0 Å². The van der Waals surface area contributed by atoms with Gasteiger partial charge in [-0.05, 0) is 36.5 Å². The summed E-state index contributed by atoms with van der Waals surface area (Å²) in [6.45, 7) is 0.729. The first-order valence-electron chi connectivity index (χ1n) is 6.46. The van der Waals surface area contributed by atoms with E-state index in [0.29, 0.717) is 6.42 Å². The van der Waals surface area contributed by atoms with Crippen molar-refractivity contribution in [3.8, 4) is 5.75 Å². The number of phenolic OH excluding ortho intramolecular Hbond substituents is 1. The summed E-state index contributed by atoms with van der Waals surface area (Å²) in [5.41, 5.74) is 6.80. The fourth-order valence-corrected chi connectivity index (χ4v) is 1.92. The van der Waals surface area contributed by atoms with Gasteiger partial charge in [0.25, 0.3) is 0 Å². The van der Waals surface area contributed by atoms with Gasteiger partial charge in [0.1, 0.15) is 5.75 Å². The molecular formula is C14H20N2O2. The van der Waals surface area contributed by atoms with Crippen LogP contribution in [-0.2, 0) is 11.2 Å². The summed E-state index contributed by atoms with van der Waals surface area (Å²) in [6.07, 6.45) is 4.16. The summed E-state index contributed by atoms with van der Waals surface area (Å²) in [6, 6.07) is 6.26. The van der Waals surface area contributed by atoms with E-state index in [2.05, 4.69) is 5.32 Å². The molecule has 1 aliphatic carbocycles. The third-order valence-corrected chi connectivity index (χ3v) is 3.28. The van der Waals surface area contributed by atoms with Crippen molar-refractivity contribution in [2.24, 2.45) is 11.7 Å². The Morgan fingerprint density at radius 2 is 2.06 bits per heavy atom. The van der Waals surface area contributed by atoms with E-state index in [1.54, 1.807) is 24.3 Å². The first-order chi connectivity index (χ1) is 8.65. The van der Waals surface area contributed by atoms with E-state index in [9.17, 15) is 4.79 Å². The Morgan fingerprint density at radius 3 is 2.67 bits per heavy atom. The van der Waals surface area contributed by atoms with Crippen LogP contribution in [0.2, 0.25) is 0 Å². The smallest absolute Gasteiger partial charge is 0.237 e. The second-order valence-corrected chi connectivity index (χ2v) is 5.00. The molecule has 1 aromatic rings. The van der Waals surface area contributed by atoms with Gasteiger partial charge in [-0.2, -0.15) is 0 Å². The Kier molecular flexibility index (Phi) is 4.20. The lowest BCUT2D eigenvalue weighted by Gasteiger charge is -2.12. The average Bonchev–Trinajstić information content (AvgIpc) is 3.16. The van der Waals surface area contributed by atoms with Crippen LogP contribution in [0.25, 0.3) is 0 Å². The molecule has 1 aliphatic rings. The number of nitrogens with one attached hydrogen (secondary N) is 1. The maximum atomic E-state index is 11.7. The quantitative estimate of drug-likeness (QED) is 0.707. The molecule has 0 aromatic heterocycles. The normalized spacial score (nSPS) is 16.3. The number of nitrogens with two attached hydrogens (primary N) is 1. The molecular weight excluding hydrogens is 228 g/mol. The van der Waals surface area contributed by atoms with Crippen LogP contribution < -0.4 is 11.1 Å². The molecule has 0 heterocycles. The predicted molar refractivity (Wildman–Crippen MR) is 70.1 cm³/mol. The van der Waals surface area contributed by atoms with E-state index >= 15 is 0 Å². The summed E-state index contributed by atoms with van der Waals surface area (Å²) < 4.78 is 0. The van der Waals surface area contributed by atoms with Crippen molar-refractivity contribution in [1.29, 1.82) is 0 Å². The lowest BCUT2D eigenvalue weighted by molar-refractivity contribution is -0.122. The number of amides is 1. The van der Waals surface area contributed by atoms with Gasteiger partial charge in [-0.15, -0.1) is 0 Å². The molecule has 0 radical (unpaired) electrons. The van der Waals surface area contributed by atoms with Crippen LogP contribution in [0.3, 0.4) is 0 Å². The van der Waals surface area contributed by atoms with Crippen LogP contribution in [0.5, 0.6) is 5.75 Å².